The number of piperazine rings is 1. The molecule has 3 heterocycles. The Hall–Kier alpha value is -1.28. The van der Waals surface area contributed by atoms with E-state index in [1.165, 1.54) is 12.5 Å². The number of aliphatic hydroxyl groups excluding tert-OH is 1. The number of hydrogen-bond acceptors (Lipinski definition) is 6. The summed E-state index contributed by atoms with van der Waals surface area (Å²) in [5.74, 6) is -0.173. The molecule has 118 valence electrons. The molecular formula is C15H19N3O2S2. The first-order chi connectivity index (χ1) is 10.6. The highest BCUT2D eigenvalue weighted by Gasteiger charge is 2.24. The summed E-state index contributed by atoms with van der Waals surface area (Å²) >= 11 is 3.36. The lowest BCUT2D eigenvalue weighted by Crippen LogP contribution is -2.50. The average Bonchev–Trinajstić information content (AvgIpc) is 3.18. The molecule has 0 bridgehead atoms. The first kappa shape index (κ1) is 15.6. The molecule has 1 fully saturated rings. The fourth-order valence-electron chi connectivity index (χ4n) is 2.52. The lowest BCUT2D eigenvalue weighted by atomic mass is 10.2. The molecule has 1 amide bonds. The average molecular weight is 337 g/mol. The molecule has 2 aromatic rings. The molecule has 0 saturated carbocycles. The molecule has 0 aromatic carbocycles. The van der Waals surface area contributed by atoms with Crippen LogP contribution in [0.4, 0.5) is 0 Å². The Balaban J connectivity index is 1.54. The van der Waals surface area contributed by atoms with Crippen molar-refractivity contribution in [1.29, 1.82) is 0 Å². The third-order valence-corrected chi connectivity index (χ3v) is 5.37. The number of carbonyl (C=O) groups is 1. The van der Waals surface area contributed by atoms with Crippen molar-refractivity contribution in [3.8, 4) is 10.6 Å². The Kier molecular flexibility index (Phi) is 4.87. The molecule has 5 nitrogen and oxygen atoms in total. The molecule has 0 radical (unpaired) electrons. The van der Waals surface area contributed by atoms with Crippen LogP contribution in [-0.4, -0.2) is 58.1 Å². The predicted molar refractivity (Wildman–Crippen MR) is 89.0 cm³/mol. The summed E-state index contributed by atoms with van der Waals surface area (Å²) in [6.07, 6.45) is -0.904. The highest BCUT2D eigenvalue weighted by atomic mass is 32.1. The van der Waals surface area contributed by atoms with Gasteiger partial charge in [-0.15, -0.1) is 11.3 Å². The summed E-state index contributed by atoms with van der Waals surface area (Å²) < 4.78 is 0. The fraction of sp³-hybridized carbons (Fsp3) is 0.467. The van der Waals surface area contributed by atoms with E-state index in [9.17, 15) is 9.90 Å². The van der Waals surface area contributed by atoms with E-state index in [1.54, 1.807) is 27.6 Å². The quantitative estimate of drug-likeness (QED) is 0.926. The van der Waals surface area contributed by atoms with Crippen LogP contribution in [0, 0.1) is 0 Å². The van der Waals surface area contributed by atoms with Gasteiger partial charge in [0.2, 0.25) is 0 Å². The van der Waals surface area contributed by atoms with Gasteiger partial charge in [-0.3, -0.25) is 9.69 Å². The summed E-state index contributed by atoms with van der Waals surface area (Å²) in [7, 11) is 0. The van der Waals surface area contributed by atoms with Gasteiger partial charge in [0.15, 0.2) is 0 Å². The fourth-order valence-corrected chi connectivity index (χ4v) is 4.04. The number of nitrogens with zero attached hydrogens (tertiary/aromatic N) is 3. The van der Waals surface area contributed by atoms with Gasteiger partial charge in [-0.1, -0.05) is 0 Å². The number of carbonyl (C=O) groups excluding carboxylic acids is 1. The van der Waals surface area contributed by atoms with Gasteiger partial charge in [0, 0.05) is 49.0 Å². The second-order valence-corrected chi connectivity index (χ2v) is 7.07. The molecule has 0 spiro atoms. The van der Waals surface area contributed by atoms with Crippen molar-refractivity contribution in [2.45, 2.75) is 19.6 Å². The minimum Gasteiger partial charge on any atom is -0.384 e. The number of amides is 1. The third kappa shape index (κ3) is 3.55. The van der Waals surface area contributed by atoms with Crippen molar-refractivity contribution in [3.05, 3.63) is 27.9 Å². The van der Waals surface area contributed by atoms with Gasteiger partial charge in [0.05, 0.1) is 5.69 Å². The number of hydrogen-bond donors (Lipinski definition) is 1. The van der Waals surface area contributed by atoms with Gasteiger partial charge in [-0.05, 0) is 18.4 Å². The van der Waals surface area contributed by atoms with E-state index in [0.717, 1.165) is 30.3 Å². The highest BCUT2D eigenvalue weighted by Crippen LogP contribution is 2.26. The zero-order chi connectivity index (χ0) is 15.5. The van der Waals surface area contributed by atoms with Crippen LogP contribution in [0.2, 0.25) is 0 Å². The SMILES string of the molecule is CC(O)C(=O)N1CCN(Cc2csc(-c3ccsc3)n2)CC1. The first-order valence-corrected chi connectivity index (χ1v) is 9.12. The second kappa shape index (κ2) is 6.87. The van der Waals surface area contributed by atoms with Crippen LogP contribution in [0.1, 0.15) is 12.6 Å². The third-order valence-electron chi connectivity index (χ3n) is 3.75. The molecule has 1 aliphatic rings. The maximum absolute atomic E-state index is 11.7. The van der Waals surface area contributed by atoms with Gasteiger partial charge in [0.25, 0.3) is 5.91 Å². The molecular weight excluding hydrogens is 318 g/mol. The van der Waals surface area contributed by atoms with Gasteiger partial charge >= 0.3 is 0 Å². The van der Waals surface area contributed by atoms with Gasteiger partial charge in [-0.2, -0.15) is 11.3 Å². The van der Waals surface area contributed by atoms with Crippen molar-refractivity contribution in [2.24, 2.45) is 0 Å². The predicted octanol–water partition coefficient (Wildman–Crippen LogP) is 1.90. The normalized spacial score (nSPS) is 17.6. The van der Waals surface area contributed by atoms with Gasteiger partial charge < -0.3 is 10.0 Å². The van der Waals surface area contributed by atoms with E-state index in [1.807, 2.05) is 0 Å². The van der Waals surface area contributed by atoms with E-state index in [2.05, 4.69) is 27.1 Å². The van der Waals surface area contributed by atoms with Crippen molar-refractivity contribution in [2.75, 3.05) is 26.2 Å². The highest BCUT2D eigenvalue weighted by molar-refractivity contribution is 7.14. The molecule has 1 saturated heterocycles. The number of thiazole rings is 1. The molecule has 0 aliphatic carbocycles. The van der Waals surface area contributed by atoms with E-state index in [-0.39, 0.29) is 5.91 Å². The van der Waals surface area contributed by atoms with Crippen LogP contribution < -0.4 is 0 Å². The summed E-state index contributed by atoms with van der Waals surface area (Å²) in [6, 6.07) is 2.09. The Bertz CT molecular complexity index is 617. The van der Waals surface area contributed by atoms with Crippen molar-refractivity contribution >= 4 is 28.6 Å². The summed E-state index contributed by atoms with van der Waals surface area (Å²) in [4.78, 5) is 20.5. The van der Waals surface area contributed by atoms with Gasteiger partial charge in [-0.25, -0.2) is 4.98 Å². The van der Waals surface area contributed by atoms with Gasteiger partial charge in [0.1, 0.15) is 11.1 Å². The maximum Gasteiger partial charge on any atom is 0.251 e. The van der Waals surface area contributed by atoms with Crippen LogP contribution in [0.25, 0.3) is 10.6 Å². The van der Waals surface area contributed by atoms with Crippen LogP contribution >= 0.6 is 22.7 Å². The zero-order valence-corrected chi connectivity index (χ0v) is 14.1. The van der Waals surface area contributed by atoms with Crippen LogP contribution in [0.5, 0.6) is 0 Å². The van der Waals surface area contributed by atoms with Crippen LogP contribution in [-0.2, 0) is 11.3 Å². The second-order valence-electron chi connectivity index (χ2n) is 5.43. The lowest BCUT2D eigenvalue weighted by Gasteiger charge is -2.34. The smallest absolute Gasteiger partial charge is 0.251 e. The van der Waals surface area contributed by atoms with Crippen LogP contribution in [0.15, 0.2) is 22.2 Å². The van der Waals surface area contributed by atoms with E-state index in [0.29, 0.717) is 13.1 Å². The summed E-state index contributed by atoms with van der Waals surface area (Å²) in [5, 5.41) is 16.7. The number of thiophene rings is 1. The standard InChI is InChI=1S/C15H19N3O2S2/c1-11(19)15(20)18-5-3-17(4-6-18)8-13-10-22-14(16-13)12-2-7-21-9-12/h2,7,9-11,19H,3-6,8H2,1H3. The Morgan fingerprint density at radius 2 is 2.14 bits per heavy atom. The number of aromatic nitrogens is 1. The van der Waals surface area contributed by atoms with E-state index >= 15 is 0 Å². The largest absolute Gasteiger partial charge is 0.384 e. The van der Waals surface area contributed by atoms with Crippen LogP contribution in [0.3, 0.4) is 0 Å². The van der Waals surface area contributed by atoms with Crippen molar-refractivity contribution in [3.63, 3.8) is 0 Å². The number of rotatable bonds is 4. The monoisotopic (exact) mass is 337 g/mol. The summed E-state index contributed by atoms with van der Waals surface area (Å²) in [5.41, 5.74) is 2.27. The zero-order valence-electron chi connectivity index (χ0n) is 12.4. The Morgan fingerprint density at radius 1 is 1.36 bits per heavy atom. The minimum absolute atomic E-state index is 0.173. The number of aliphatic hydroxyl groups is 1. The summed E-state index contributed by atoms with van der Waals surface area (Å²) in [6.45, 7) is 5.33. The molecule has 1 aliphatic heterocycles. The van der Waals surface area contributed by atoms with Crippen molar-refractivity contribution < 1.29 is 9.90 Å². The minimum atomic E-state index is -0.904. The maximum atomic E-state index is 11.7. The molecule has 3 rings (SSSR count). The molecule has 1 atom stereocenters. The topological polar surface area (TPSA) is 56.7 Å². The van der Waals surface area contributed by atoms with E-state index in [4.69, 9.17) is 4.98 Å². The lowest BCUT2D eigenvalue weighted by molar-refractivity contribution is -0.141. The molecule has 7 heteroatoms. The first-order valence-electron chi connectivity index (χ1n) is 7.29. The Labute approximate surface area is 137 Å². The molecule has 1 unspecified atom stereocenters. The molecule has 1 N–H and O–H groups in total. The van der Waals surface area contributed by atoms with Crippen molar-refractivity contribution in [1.82, 2.24) is 14.8 Å². The molecule has 22 heavy (non-hydrogen) atoms. The van der Waals surface area contributed by atoms with E-state index < -0.39 is 6.10 Å². The Morgan fingerprint density at radius 3 is 2.77 bits per heavy atom. The molecule has 2 aromatic heterocycles.